The highest BCUT2D eigenvalue weighted by Crippen LogP contribution is 1.75. The molecule has 2 N–H and O–H groups in total. The first kappa shape index (κ1) is 6.91. The molecule has 0 aromatic carbocycles. The van der Waals surface area contributed by atoms with E-state index in [4.69, 9.17) is 4.78 Å². The average Bonchev–Trinajstić information content (AvgIpc) is 1.30. The van der Waals surface area contributed by atoms with Crippen molar-refractivity contribution < 1.29 is 4.21 Å². The van der Waals surface area contributed by atoms with Crippen LogP contribution in [-0.2, 0) is 9.73 Å². The summed E-state index contributed by atoms with van der Waals surface area (Å²) in [6.07, 6.45) is 1.41. The largest absolute Gasteiger partial charge is 0.308 e. The number of hydrogen-bond acceptors (Lipinski definition) is 3. The summed E-state index contributed by atoms with van der Waals surface area (Å²) in [5.74, 6) is 0.285. The van der Waals surface area contributed by atoms with Crippen molar-refractivity contribution in [3.05, 3.63) is 0 Å². The zero-order valence-corrected chi connectivity index (χ0v) is 5.34. The van der Waals surface area contributed by atoms with E-state index in [1.54, 1.807) is 7.05 Å². The molecule has 0 aromatic heterocycles. The van der Waals surface area contributed by atoms with E-state index >= 15 is 0 Å². The van der Waals surface area contributed by atoms with Crippen molar-refractivity contribution in [2.24, 2.45) is 0 Å². The minimum absolute atomic E-state index is 0.285. The summed E-state index contributed by atoms with van der Waals surface area (Å²) in [6.45, 7) is 0. The zero-order valence-electron chi connectivity index (χ0n) is 4.52. The van der Waals surface area contributed by atoms with Gasteiger partial charge in [0.25, 0.3) is 0 Å². The fraction of sp³-hybridized carbons (Fsp3) is 1.00. The van der Waals surface area contributed by atoms with E-state index in [2.05, 4.69) is 5.32 Å². The quantitative estimate of drug-likeness (QED) is 0.534. The van der Waals surface area contributed by atoms with Crippen molar-refractivity contribution in [1.82, 2.24) is 5.32 Å². The molecule has 0 heterocycles. The minimum Gasteiger partial charge on any atom is -0.308 e. The first-order valence-electron chi connectivity index (χ1n) is 1.92. The van der Waals surface area contributed by atoms with Gasteiger partial charge in [-0.25, -0.2) is 4.21 Å². The molecule has 0 aliphatic heterocycles. The van der Waals surface area contributed by atoms with Gasteiger partial charge in [0.2, 0.25) is 0 Å². The van der Waals surface area contributed by atoms with E-state index in [0.717, 1.165) is 0 Å². The van der Waals surface area contributed by atoms with Crippen LogP contribution in [0.15, 0.2) is 0 Å². The molecule has 0 saturated carbocycles. The van der Waals surface area contributed by atoms with Crippen LogP contribution in [0.4, 0.5) is 0 Å². The van der Waals surface area contributed by atoms with Gasteiger partial charge in [-0.1, -0.05) is 0 Å². The van der Waals surface area contributed by atoms with Crippen LogP contribution >= 0.6 is 0 Å². The Balaban J connectivity index is 3.60. The van der Waals surface area contributed by atoms with Crippen molar-refractivity contribution in [3.8, 4) is 0 Å². The second-order valence-corrected chi connectivity index (χ2v) is 3.80. The summed E-state index contributed by atoms with van der Waals surface area (Å²) in [4.78, 5) is 0. The molecule has 3 nitrogen and oxygen atoms in total. The van der Waals surface area contributed by atoms with Gasteiger partial charge < -0.3 is 5.32 Å². The highest BCUT2D eigenvalue weighted by Gasteiger charge is 1.89. The van der Waals surface area contributed by atoms with E-state index in [-0.39, 0.29) is 5.88 Å². The van der Waals surface area contributed by atoms with Gasteiger partial charge in [0.15, 0.2) is 0 Å². The molecule has 0 spiro atoms. The first-order chi connectivity index (χ1) is 3.06. The topological polar surface area (TPSA) is 53.0 Å². The van der Waals surface area contributed by atoms with Gasteiger partial charge in [-0.2, -0.15) is 0 Å². The van der Waals surface area contributed by atoms with Crippen molar-refractivity contribution in [3.63, 3.8) is 0 Å². The second kappa shape index (κ2) is 2.28. The van der Waals surface area contributed by atoms with Crippen LogP contribution < -0.4 is 5.32 Å². The lowest BCUT2D eigenvalue weighted by Crippen LogP contribution is -2.15. The van der Waals surface area contributed by atoms with Crippen LogP contribution in [-0.4, -0.2) is 23.4 Å². The minimum atomic E-state index is -2.29. The molecule has 7 heavy (non-hydrogen) atoms. The molecule has 0 unspecified atom stereocenters. The van der Waals surface area contributed by atoms with E-state index in [0.29, 0.717) is 0 Å². The van der Waals surface area contributed by atoms with Crippen LogP contribution in [0, 0.1) is 4.78 Å². The van der Waals surface area contributed by atoms with E-state index in [9.17, 15) is 4.21 Å². The van der Waals surface area contributed by atoms with Gasteiger partial charge in [-0.15, -0.1) is 0 Å². The normalized spacial score (nSPS) is 18.6. The summed E-state index contributed by atoms with van der Waals surface area (Å²) in [5.41, 5.74) is 0. The molecule has 0 aliphatic rings. The first-order valence-corrected chi connectivity index (χ1v) is 4.06. The predicted molar refractivity (Wildman–Crippen MR) is 30.7 cm³/mol. The van der Waals surface area contributed by atoms with Crippen molar-refractivity contribution in [2.75, 3.05) is 19.2 Å². The highest BCUT2D eigenvalue weighted by atomic mass is 32.2. The molecule has 4 heteroatoms. The van der Waals surface area contributed by atoms with E-state index < -0.39 is 9.73 Å². The Morgan fingerprint density at radius 2 is 2.29 bits per heavy atom. The third-order valence-electron chi connectivity index (χ3n) is 0.420. The molecule has 0 bridgehead atoms. The number of rotatable bonds is 2. The van der Waals surface area contributed by atoms with E-state index in [1.165, 1.54) is 6.26 Å². The Labute approximate surface area is 44.1 Å². The van der Waals surface area contributed by atoms with Crippen LogP contribution in [0.3, 0.4) is 0 Å². The SMILES string of the molecule is CNC[S@@](C)(=N)=O. The third kappa shape index (κ3) is 5.91. The van der Waals surface area contributed by atoms with Crippen LogP contribution in [0.1, 0.15) is 0 Å². The number of nitrogens with one attached hydrogen (secondary N) is 2. The maximum Gasteiger partial charge on any atom is 0.0798 e. The second-order valence-electron chi connectivity index (χ2n) is 1.50. The molecule has 0 radical (unpaired) electrons. The Morgan fingerprint density at radius 3 is 2.29 bits per heavy atom. The predicted octanol–water partition coefficient (Wildman–Crippen LogP) is -0.160. The van der Waals surface area contributed by atoms with Crippen LogP contribution in [0.5, 0.6) is 0 Å². The standard InChI is InChI=1S/C3H10N2OS/c1-5-3-7(2,4)6/h4-5H,3H2,1-2H3/t7-/m0/s1. The van der Waals surface area contributed by atoms with Gasteiger partial charge in [0, 0.05) is 6.26 Å². The highest BCUT2D eigenvalue weighted by molar-refractivity contribution is 7.91. The van der Waals surface area contributed by atoms with Crippen molar-refractivity contribution in [1.29, 1.82) is 4.78 Å². The molecule has 0 rings (SSSR count). The van der Waals surface area contributed by atoms with Gasteiger partial charge in [-0.05, 0) is 7.05 Å². The molecule has 0 aromatic rings. The third-order valence-corrected chi connectivity index (χ3v) is 1.26. The Morgan fingerprint density at radius 1 is 1.86 bits per heavy atom. The van der Waals surface area contributed by atoms with Gasteiger partial charge in [0.1, 0.15) is 0 Å². The molecule has 0 aliphatic carbocycles. The lowest BCUT2D eigenvalue weighted by atomic mass is 11.3. The molecule has 0 amide bonds. The van der Waals surface area contributed by atoms with Crippen LogP contribution in [0.2, 0.25) is 0 Å². The number of hydrogen-bond donors (Lipinski definition) is 2. The lowest BCUT2D eigenvalue weighted by Gasteiger charge is -1.94. The maximum absolute atomic E-state index is 10.4. The Kier molecular flexibility index (Phi) is 2.25. The average molecular weight is 122 g/mol. The molecule has 0 fully saturated rings. The monoisotopic (exact) mass is 122 g/mol. The van der Waals surface area contributed by atoms with Crippen LogP contribution in [0.25, 0.3) is 0 Å². The lowest BCUT2D eigenvalue weighted by molar-refractivity contribution is 0.675. The summed E-state index contributed by atoms with van der Waals surface area (Å²) in [7, 11) is -0.607. The summed E-state index contributed by atoms with van der Waals surface area (Å²) in [5, 5.41) is 2.64. The molecular formula is C3H10N2OS. The van der Waals surface area contributed by atoms with Crippen molar-refractivity contribution in [2.45, 2.75) is 0 Å². The fourth-order valence-electron chi connectivity index (χ4n) is 0.275. The maximum atomic E-state index is 10.4. The summed E-state index contributed by atoms with van der Waals surface area (Å²) in [6, 6.07) is 0. The molecule has 1 atom stereocenters. The fourth-order valence-corrected chi connectivity index (χ4v) is 0.826. The molecule has 44 valence electrons. The van der Waals surface area contributed by atoms with Gasteiger partial charge >= 0.3 is 0 Å². The Hall–Kier alpha value is -0.0900. The van der Waals surface area contributed by atoms with Gasteiger partial charge in [-0.3, -0.25) is 4.78 Å². The smallest absolute Gasteiger partial charge is 0.0798 e. The summed E-state index contributed by atoms with van der Waals surface area (Å²) < 4.78 is 17.2. The van der Waals surface area contributed by atoms with Gasteiger partial charge in [0.05, 0.1) is 15.6 Å². The zero-order chi connectivity index (χ0) is 5.91. The molecular weight excluding hydrogens is 112 g/mol. The van der Waals surface area contributed by atoms with E-state index in [1.807, 2.05) is 0 Å². The van der Waals surface area contributed by atoms with Crippen molar-refractivity contribution >= 4 is 9.73 Å². The summed E-state index contributed by atoms with van der Waals surface area (Å²) >= 11 is 0. The Bertz CT molecular complexity index is 126. The molecule has 0 saturated heterocycles.